The molecule has 0 radical (unpaired) electrons. The van der Waals surface area contributed by atoms with E-state index in [1.54, 1.807) is 51.1 Å². The summed E-state index contributed by atoms with van der Waals surface area (Å²) in [6, 6.07) is 13.6. The number of esters is 1. The Morgan fingerprint density at radius 2 is 1.60 bits per heavy atom. The van der Waals surface area contributed by atoms with Gasteiger partial charge in [-0.15, -0.1) is 0 Å². The number of ether oxygens (including phenoxy) is 2. The zero-order valence-electron chi connectivity index (χ0n) is 16.9. The van der Waals surface area contributed by atoms with Crippen LogP contribution in [0.3, 0.4) is 0 Å². The van der Waals surface area contributed by atoms with Crippen molar-refractivity contribution >= 4 is 23.7 Å². The zero-order valence-corrected chi connectivity index (χ0v) is 16.9. The third kappa shape index (κ3) is 7.01. The van der Waals surface area contributed by atoms with Gasteiger partial charge in [-0.1, -0.05) is 30.3 Å². The number of nitrogens with zero attached hydrogens (tertiary/aromatic N) is 2. The average molecular weight is 414 g/mol. The Hall–Kier alpha value is -3.75. The summed E-state index contributed by atoms with van der Waals surface area (Å²) in [4.78, 5) is 48.3. The number of hydrogen-bond donors (Lipinski definition) is 0. The molecule has 2 rings (SSSR count). The summed E-state index contributed by atoms with van der Waals surface area (Å²) >= 11 is 0. The molecule has 0 N–H and O–H groups in total. The van der Waals surface area contributed by atoms with Crippen LogP contribution < -0.4 is 4.74 Å². The predicted molar refractivity (Wildman–Crippen MR) is 107 cm³/mol. The van der Waals surface area contributed by atoms with E-state index in [4.69, 9.17) is 9.47 Å². The third-order valence-electron chi connectivity index (χ3n) is 3.68. The zero-order chi connectivity index (χ0) is 22.3. The van der Waals surface area contributed by atoms with Gasteiger partial charge in [-0.25, -0.2) is 14.5 Å². The standard InChI is InChI=1S/C21H22N2O7/c1-21(2,3)30-20(26)22(18(24)13-15-7-5-4-6-8-15)14-19(25)29-17-11-9-16(10-12-17)23(27)28/h4-12H,13-14H2,1-3H3. The number of carbonyl (C=O) groups is 3. The molecule has 0 saturated carbocycles. The summed E-state index contributed by atoms with van der Waals surface area (Å²) in [5, 5.41) is 10.7. The van der Waals surface area contributed by atoms with Gasteiger partial charge in [0.2, 0.25) is 5.91 Å². The Bertz CT molecular complexity index is 919. The predicted octanol–water partition coefficient (Wildman–Crippen LogP) is 3.51. The van der Waals surface area contributed by atoms with Crippen LogP contribution in [-0.2, 0) is 20.7 Å². The molecule has 0 aliphatic rings. The van der Waals surface area contributed by atoms with Crippen molar-refractivity contribution in [1.29, 1.82) is 0 Å². The molecule has 0 fully saturated rings. The first-order valence-electron chi connectivity index (χ1n) is 9.07. The minimum Gasteiger partial charge on any atom is -0.443 e. The number of nitro benzene ring substituents is 1. The first kappa shape index (κ1) is 22.5. The van der Waals surface area contributed by atoms with Crippen LogP contribution in [0.1, 0.15) is 26.3 Å². The van der Waals surface area contributed by atoms with E-state index in [2.05, 4.69) is 0 Å². The largest absolute Gasteiger partial charge is 0.443 e. The van der Waals surface area contributed by atoms with Crippen molar-refractivity contribution in [2.24, 2.45) is 0 Å². The lowest BCUT2D eigenvalue weighted by Crippen LogP contribution is -2.45. The highest BCUT2D eigenvalue weighted by atomic mass is 16.6. The first-order chi connectivity index (χ1) is 14.0. The van der Waals surface area contributed by atoms with E-state index < -0.39 is 35.0 Å². The van der Waals surface area contributed by atoms with Gasteiger partial charge in [0.1, 0.15) is 17.9 Å². The minimum absolute atomic E-state index is 0.0465. The van der Waals surface area contributed by atoms with Crippen LogP contribution in [0, 0.1) is 10.1 Å². The van der Waals surface area contributed by atoms with Crippen LogP contribution in [0.25, 0.3) is 0 Å². The molecule has 2 amide bonds. The molecule has 9 nitrogen and oxygen atoms in total. The van der Waals surface area contributed by atoms with Gasteiger partial charge in [-0.3, -0.25) is 14.9 Å². The number of non-ortho nitro benzene ring substituents is 1. The van der Waals surface area contributed by atoms with Gasteiger partial charge in [0, 0.05) is 12.1 Å². The number of imide groups is 1. The van der Waals surface area contributed by atoms with Crippen LogP contribution in [-0.4, -0.2) is 39.9 Å². The monoisotopic (exact) mass is 414 g/mol. The lowest BCUT2D eigenvalue weighted by Gasteiger charge is -2.25. The van der Waals surface area contributed by atoms with Crippen molar-refractivity contribution in [2.75, 3.05) is 6.54 Å². The molecule has 158 valence electrons. The van der Waals surface area contributed by atoms with Gasteiger partial charge in [-0.2, -0.15) is 0 Å². The Labute approximate surface area is 173 Å². The van der Waals surface area contributed by atoms with Gasteiger partial charge in [-0.05, 0) is 38.5 Å². The molecule has 0 heterocycles. The van der Waals surface area contributed by atoms with Crippen LogP contribution >= 0.6 is 0 Å². The lowest BCUT2D eigenvalue weighted by atomic mass is 10.1. The fourth-order valence-corrected chi connectivity index (χ4v) is 2.37. The first-order valence-corrected chi connectivity index (χ1v) is 9.07. The van der Waals surface area contributed by atoms with Crippen molar-refractivity contribution in [2.45, 2.75) is 32.8 Å². The SMILES string of the molecule is CC(C)(C)OC(=O)N(CC(=O)Oc1ccc([N+](=O)[O-])cc1)C(=O)Cc1ccccc1. The van der Waals surface area contributed by atoms with Crippen LogP contribution in [0.5, 0.6) is 5.75 Å². The highest BCUT2D eigenvalue weighted by Crippen LogP contribution is 2.18. The fourth-order valence-electron chi connectivity index (χ4n) is 2.37. The van der Waals surface area contributed by atoms with E-state index in [1.807, 2.05) is 0 Å². The molecule has 0 spiro atoms. The Kier molecular flexibility index (Phi) is 7.24. The number of amides is 2. The summed E-state index contributed by atoms with van der Waals surface area (Å²) in [7, 11) is 0. The molecule has 0 bridgehead atoms. The number of hydrogen-bond acceptors (Lipinski definition) is 7. The molecule has 2 aromatic carbocycles. The molecular formula is C21H22N2O7. The molecule has 0 saturated heterocycles. The summed E-state index contributed by atoms with van der Waals surface area (Å²) in [5.74, 6) is -1.47. The van der Waals surface area contributed by atoms with Gasteiger partial charge in [0.05, 0.1) is 11.3 Å². The maximum absolute atomic E-state index is 12.7. The molecule has 0 atom stereocenters. The molecule has 0 unspecified atom stereocenters. The van der Waals surface area contributed by atoms with E-state index in [0.717, 1.165) is 0 Å². The number of nitro groups is 1. The smallest absolute Gasteiger partial charge is 0.417 e. The van der Waals surface area contributed by atoms with E-state index in [0.29, 0.717) is 10.5 Å². The summed E-state index contributed by atoms with van der Waals surface area (Å²) in [6.07, 6.45) is -1.07. The summed E-state index contributed by atoms with van der Waals surface area (Å²) in [5.41, 5.74) is -0.368. The van der Waals surface area contributed by atoms with Crippen LogP contribution in [0.2, 0.25) is 0 Å². The third-order valence-corrected chi connectivity index (χ3v) is 3.68. The highest BCUT2D eigenvalue weighted by Gasteiger charge is 2.29. The van der Waals surface area contributed by atoms with Gasteiger partial charge >= 0.3 is 12.1 Å². The summed E-state index contributed by atoms with van der Waals surface area (Å²) in [6.45, 7) is 4.25. The topological polar surface area (TPSA) is 116 Å². The van der Waals surface area contributed by atoms with Crippen molar-refractivity contribution < 1.29 is 28.8 Å². The Morgan fingerprint density at radius 1 is 1.00 bits per heavy atom. The summed E-state index contributed by atoms with van der Waals surface area (Å²) < 4.78 is 10.3. The number of carbonyl (C=O) groups excluding carboxylic acids is 3. The van der Waals surface area contributed by atoms with Gasteiger partial charge in [0.15, 0.2) is 0 Å². The maximum atomic E-state index is 12.7. The van der Waals surface area contributed by atoms with Crippen LogP contribution in [0.4, 0.5) is 10.5 Å². The Balaban J connectivity index is 2.12. The van der Waals surface area contributed by atoms with Crippen molar-refractivity contribution in [1.82, 2.24) is 4.90 Å². The molecular weight excluding hydrogens is 392 g/mol. The van der Waals surface area contributed by atoms with Gasteiger partial charge in [0.25, 0.3) is 5.69 Å². The minimum atomic E-state index is -0.968. The maximum Gasteiger partial charge on any atom is 0.417 e. The van der Waals surface area contributed by atoms with E-state index in [1.165, 1.54) is 24.3 Å². The second kappa shape index (κ2) is 9.64. The molecule has 2 aromatic rings. The van der Waals surface area contributed by atoms with Crippen molar-refractivity contribution in [3.8, 4) is 5.75 Å². The lowest BCUT2D eigenvalue weighted by molar-refractivity contribution is -0.384. The Morgan fingerprint density at radius 3 is 2.13 bits per heavy atom. The average Bonchev–Trinajstić information content (AvgIpc) is 2.65. The molecule has 9 heteroatoms. The molecule has 0 aliphatic carbocycles. The molecule has 0 aliphatic heterocycles. The molecule has 30 heavy (non-hydrogen) atoms. The number of rotatable bonds is 6. The molecule has 0 aromatic heterocycles. The fraction of sp³-hybridized carbons (Fsp3) is 0.286. The quantitative estimate of drug-likeness (QED) is 0.307. The number of benzene rings is 2. The highest BCUT2D eigenvalue weighted by molar-refractivity contribution is 5.96. The second-order valence-electron chi connectivity index (χ2n) is 7.35. The van der Waals surface area contributed by atoms with E-state index in [-0.39, 0.29) is 17.9 Å². The van der Waals surface area contributed by atoms with E-state index in [9.17, 15) is 24.5 Å². The van der Waals surface area contributed by atoms with Crippen LogP contribution in [0.15, 0.2) is 54.6 Å². The second-order valence-corrected chi connectivity index (χ2v) is 7.35. The van der Waals surface area contributed by atoms with Gasteiger partial charge < -0.3 is 9.47 Å². The normalized spacial score (nSPS) is 10.8. The van der Waals surface area contributed by atoms with E-state index >= 15 is 0 Å². The van der Waals surface area contributed by atoms with Crippen molar-refractivity contribution in [3.63, 3.8) is 0 Å². The van der Waals surface area contributed by atoms with Crippen molar-refractivity contribution in [3.05, 3.63) is 70.3 Å².